The smallest absolute Gasteiger partial charge is 0.378 e. The first-order chi connectivity index (χ1) is 10.1. The Balaban J connectivity index is 2.31. The lowest BCUT2D eigenvalue weighted by atomic mass is 9.91. The van der Waals surface area contributed by atoms with E-state index >= 15 is 0 Å². The van der Waals surface area contributed by atoms with Gasteiger partial charge < -0.3 is 15.7 Å². The summed E-state index contributed by atoms with van der Waals surface area (Å²) in [6.45, 7) is -0.297. The van der Waals surface area contributed by atoms with Crippen LogP contribution in [0.3, 0.4) is 0 Å². The van der Waals surface area contributed by atoms with Crippen molar-refractivity contribution in [3.05, 3.63) is 29.6 Å². The number of carbonyl (C=O) groups excluding carboxylic acids is 2. The quantitative estimate of drug-likeness (QED) is 0.832. The molecular weight excluding hydrogens is 303 g/mol. The summed E-state index contributed by atoms with van der Waals surface area (Å²) in [5.41, 5.74) is 1.44. The molecule has 2 amide bonds. The van der Waals surface area contributed by atoms with Crippen molar-refractivity contribution < 1.29 is 27.9 Å². The molecule has 1 fully saturated rings. The van der Waals surface area contributed by atoms with Crippen molar-refractivity contribution in [1.29, 1.82) is 0 Å². The lowest BCUT2D eigenvalue weighted by Crippen LogP contribution is -2.57. The maximum Gasteiger partial charge on any atom is 0.418 e. The summed E-state index contributed by atoms with van der Waals surface area (Å²) in [5.74, 6) is -1.93. The van der Waals surface area contributed by atoms with E-state index in [1.54, 1.807) is 0 Å². The number of rotatable bonds is 2. The maximum absolute atomic E-state index is 12.9. The molecule has 0 saturated carbocycles. The third-order valence-corrected chi connectivity index (χ3v) is 3.57. The Morgan fingerprint density at radius 1 is 1.41 bits per heavy atom. The number of aromatic nitrogens is 1. The first kappa shape index (κ1) is 16.2. The number of nitrogens with zero attached hydrogens (tertiary/aromatic N) is 2. The van der Waals surface area contributed by atoms with Crippen LogP contribution in [0.2, 0.25) is 0 Å². The second-order valence-electron chi connectivity index (χ2n) is 5.15. The van der Waals surface area contributed by atoms with Crippen LogP contribution in [0.1, 0.15) is 28.8 Å². The molecule has 0 radical (unpaired) electrons. The number of likely N-dealkylation sites (tertiary alicyclic amines) is 1. The Morgan fingerprint density at radius 3 is 2.68 bits per heavy atom. The minimum atomic E-state index is -4.73. The highest BCUT2D eigenvalue weighted by molar-refractivity contribution is 5.96. The van der Waals surface area contributed by atoms with E-state index in [4.69, 9.17) is 5.73 Å². The van der Waals surface area contributed by atoms with Gasteiger partial charge in [0.25, 0.3) is 11.8 Å². The SMILES string of the molecule is NC(=O)[C@]1(O)CCCN(C(=O)c2ccncc2C(F)(F)F)C1. The molecule has 0 spiro atoms. The number of carbonyl (C=O) groups is 2. The third kappa shape index (κ3) is 3.03. The van der Waals surface area contributed by atoms with Gasteiger partial charge in [-0.3, -0.25) is 14.6 Å². The predicted molar refractivity (Wildman–Crippen MR) is 68.5 cm³/mol. The van der Waals surface area contributed by atoms with Crippen molar-refractivity contribution in [2.24, 2.45) is 5.73 Å². The second kappa shape index (κ2) is 5.56. The fourth-order valence-electron chi connectivity index (χ4n) is 2.39. The normalized spacial score (nSPS) is 22.5. The Bertz CT molecular complexity index is 606. The van der Waals surface area contributed by atoms with Gasteiger partial charge in [-0.25, -0.2) is 0 Å². The summed E-state index contributed by atoms with van der Waals surface area (Å²) in [6.07, 6.45) is -2.76. The second-order valence-corrected chi connectivity index (χ2v) is 5.15. The summed E-state index contributed by atoms with van der Waals surface area (Å²) in [7, 11) is 0. The number of aliphatic hydroxyl groups is 1. The number of amides is 2. The van der Waals surface area contributed by atoms with Gasteiger partial charge in [0.05, 0.1) is 17.7 Å². The van der Waals surface area contributed by atoms with Crippen molar-refractivity contribution in [3.63, 3.8) is 0 Å². The number of β-amino-alcohol motifs (C(OH)–C–C–N with tert-alkyl or cyclic N) is 1. The molecule has 22 heavy (non-hydrogen) atoms. The van der Waals surface area contributed by atoms with E-state index < -0.39 is 41.3 Å². The van der Waals surface area contributed by atoms with Gasteiger partial charge in [-0.05, 0) is 18.9 Å². The zero-order valence-corrected chi connectivity index (χ0v) is 11.4. The Hall–Kier alpha value is -2.16. The molecule has 2 rings (SSSR count). The lowest BCUT2D eigenvalue weighted by Gasteiger charge is -2.37. The van der Waals surface area contributed by atoms with Crippen molar-refractivity contribution in [2.75, 3.05) is 13.1 Å². The fraction of sp³-hybridized carbons (Fsp3) is 0.462. The van der Waals surface area contributed by atoms with E-state index in [9.17, 15) is 27.9 Å². The zero-order chi connectivity index (χ0) is 16.5. The number of alkyl halides is 3. The largest absolute Gasteiger partial charge is 0.418 e. The summed E-state index contributed by atoms with van der Waals surface area (Å²) in [5, 5.41) is 10.0. The molecule has 0 unspecified atom stereocenters. The summed E-state index contributed by atoms with van der Waals surface area (Å²) in [4.78, 5) is 27.9. The zero-order valence-electron chi connectivity index (χ0n) is 11.4. The molecule has 1 aromatic heterocycles. The van der Waals surface area contributed by atoms with Crippen LogP contribution in [0, 0.1) is 0 Å². The van der Waals surface area contributed by atoms with Gasteiger partial charge >= 0.3 is 6.18 Å². The summed E-state index contributed by atoms with van der Waals surface area (Å²) >= 11 is 0. The van der Waals surface area contributed by atoms with Gasteiger partial charge in [0.1, 0.15) is 0 Å². The van der Waals surface area contributed by atoms with Crippen LogP contribution in [0.5, 0.6) is 0 Å². The van der Waals surface area contributed by atoms with E-state index in [1.807, 2.05) is 0 Å². The number of pyridine rings is 1. The molecule has 2 heterocycles. The van der Waals surface area contributed by atoms with Gasteiger partial charge in [-0.2, -0.15) is 13.2 Å². The first-order valence-corrected chi connectivity index (χ1v) is 6.48. The standard InChI is InChI=1S/C13H14F3N3O3/c14-13(15,16)9-6-18-4-2-8(9)10(20)19-5-1-3-12(22,7-19)11(17)21/h2,4,6,22H,1,3,5,7H2,(H2,17,21)/t12-/m0/s1. The minimum absolute atomic E-state index is 0.0641. The van der Waals surface area contributed by atoms with E-state index in [2.05, 4.69) is 4.98 Å². The van der Waals surface area contributed by atoms with Crippen molar-refractivity contribution >= 4 is 11.8 Å². The number of piperidine rings is 1. The molecule has 0 aromatic carbocycles. The maximum atomic E-state index is 12.9. The highest BCUT2D eigenvalue weighted by Gasteiger charge is 2.42. The van der Waals surface area contributed by atoms with Gasteiger partial charge in [-0.1, -0.05) is 0 Å². The molecular formula is C13H14F3N3O3. The average molecular weight is 317 g/mol. The number of hydrogen-bond donors (Lipinski definition) is 2. The highest BCUT2D eigenvalue weighted by Crippen LogP contribution is 2.32. The molecule has 1 saturated heterocycles. The summed E-state index contributed by atoms with van der Waals surface area (Å²) in [6, 6.07) is 0.961. The topological polar surface area (TPSA) is 96.5 Å². The van der Waals surface area contributed by atoms with Crippen LogP contribution in [0.15, 0.2) is 18.5 Å². The number of halogens is 3. The van der Waals surface area contributed by atoms with Crippen LogP contribution in [-0.4, -0.2) is 45.5 Å². The van der Waals surface area contributed by atoms with E-state index in [0.29, 0.717) is 6.20 Å². The average Bonchev–Trinajstić information content (AvgIpc) is 2.45. The fourth-order valence-corrected chi connectivity index (χ4v) is 2.39. The van der Waals surface area contributed by atoms with Gasteiger partial charge in [-0.15, -0.1) is 0 Å². The van der Waals surface area contributed by atoms with Gasteiger partial charge in [0.15, 0.2) is 5.60 Å². The number of hydrogen-bond acceptors (Lipinski definition) is 4. The van der Waals surface area contributed by atoms with E-state index in [-0.39, 0.29) is 19.4 Å². The molecule has 0 aliphatic carbocycles. The third-order valence-electron chi connectivity index (χ3n) is 3.57. The molecule has 1 atom stereocenters. The van der Waals surface area contributed by atoms with Crippen molar-refractivity contribution in [1.82, 2.24) is 9.88 Å². The van der Waals surface area contributed by atoms with Crippen LogP contribution in [0.4, 0.5) is 13.2 Å². The molecule has 6 nitrogen and oxygen atoms in total. The first-order valence-electron chi connectivity index (χ1n) is 6.48. The molecule has 1 aromatic rings. The van der Waals surface area contributed by atoms with E-state index in [0.717, 1.165) is 17.2 Å². The van der Waals surface area contributed by atoms with Crippen molar-refractivity contribution in [3.8, 4) is 0 Å². The number of nitrogens with two attached hydrogens (primary N) is 1. The van der Waals surface area contributed by atoms with Crippen LogP contribution >= 0.6 is 0 Å². The Morgan fingerprint density at radius 2 is 2.09 bits per heavy atom. The molecule has 9 heteroatoms. The molecule has 1 aliphatic rings. The van der Waals surface area contributed by atoms with Crippen LogP contribution < -0.4 is 5.73 Å². The van der Waals surface area contributed by atoms with Gasteiger partial charge in [0.2, 0.25) is 0 Å². The molecule has 0 bridgehead atoms. The van der Waals surface area contributed by atoms with E-state index in [1.165, 1.54) is 0 Å². The molecule has 3 N–H and O–H groups in total. The Kier molecular flexibility index (Phi) is 4.10. The highest BCUT2D eigenvalue weighted by atomic mass is 19.4. The van der Waals surface area contributed by atoms with Crippen LogP contribution in [-0.2, 0) is 11.0 Å². The minimum Gasteiger partial charge on any atom is -0.378 e. The lowest BCUT2D eigenvalue weighted by molar-refractivity contribution is -0.141. The molecule has 1 aliphatic heterocycles. The number of primary amides is 1. The summed E-state index contributed by atoms with van der Waals surface area (Å²) < 4.78 is 38.8. The van der Waals surface area contributed by atoms with Crippen molar-refractivity contribution in [2.45, 2.75) is 24.6 Å². The van der Waals surface area contributed by atoms with Gasteiger partial charge in [0, 0.05) is 18.9 Å². The monoisotopic (exact) mass is 317 g/mol. The predicted octanol–water partition coefficient (Wildman–Crippen LogP) is 0.553. The Labute approximate surface area is 123 Å². The molecule has 120 valence electrons. The van der Waals surface area contributed by atoms with Crippen LogP contribution in [0.25, 0.3) is 0 Å².